The number of nitro benzene ring substituents is 1. The van der Waals surface area contributed by atoms with E-state index in [2.05, 4.69) is 0 Å². The number of rotatable bonds is 5. The van der Waals surface area contributed by atoms with Crippen LogP contribution in [0.5, 0.6) is 5.75 Å². The van der Waals surface area contributed by atoms with E-state index in [-0.39, 0.29) is 18.2 Å². The molecule has 2 aromatic rings. The van der Waals surface area contributed by atoms with Gasteiger partial charge < -0.3 is 4.74 Å². The van der Waals surface area contributed by atoms with Crippen molar-refractivity contribution in [2.45, 2.75) is 12.5 Å². The van der Waals surface area contributed by atoms with Crippen molar-refractivity contribution in [3.63, 3.8) is 0 Å². The number of hydrogen-bond donors (Lipinski definition) is 0. The zero-order valence-electron chi connectivity index (χ0n) is 10.7. The largest absolute Gasteiger partial charge is 0.487 e. The number of nitro groups is 1. The van der Waals surface area contributed by atoms with Gasteiger partial charge in [-0.25, -0.2) is 0 Å². The lowest BCUT2D eigenvalue weighted by Gasteiger charge is -2.12. The van der Waals surface area contributed by atoms with E-state index in [1.54, 1.807) is 24.3 Å². The summed E-state index contributed by atoms with van der Waals surface area (Å²) >= 11 is 17.8. The highest BCUT2D eigenvalue weighted by Crippen LogP contribution is 2.34. The SMILES string of the molecule is O=[N+]([O-])c1ccccc1COc1c(Cl)cc(Cl)cc1CCl. The maximum absolute atomic E-state index is 11.0. The van der Waals surface area contributed by atoms with Crippen LogP contribution in [0, 0.1) is 10.1 Å². The first kappa shape index (κ1) is 15.9. The smallest absolute Gasteiger partial charge is 0.276 e. The van der Waals surface area contributed by atoms with Crippen LogP contribution in [0.25, 0.3) is 0 Å². The van der Waals surface area contributed by atoms with Crippen molar-refractivity contribution in [2.75, 3.05) is 0 Å². The van der Waals surface area contributed by atoms with E-state index in [1.165, 1.54) is 12.1 Å². The fraction of sp³-hybridized carbons (Fsp3) is 0.143. The topological polar surface area (TPSA) is 52.4 Å². The first-order valence-electron chi connectivity index (χ1n) is 5.92. The van der Waals surface area contributed by atoms with Gasteiger partial charge in [0, 0.05) is 16.7 Å². The van der Waals surface area contributed by atoms with Crippen LogP contribution >= 0.6 is 34.8 Å². The molecule has 4 nitrogen and oxygen atoms in total. The third-order valence-corrected chi connectivity index (χ3v) is 3.58. The number of para-hydroxylation sites is 1. The number of alkyl halides is 1. The van der Waals surface area contributed by atoms with Crippen LogP contribution in [-0.2, 0) is 12.5 Å². The van der Waals surface area contributed by atoms with E-state index in [4.69, 9.17) is 39.5 Å². The molecule has 0 aliphatic carbocycles. The van der Waals surface area contributed by atoms with Crippen LogP contribution < -0.4 is 4.74 Å². The van der Waals surface area contributed by atoms with Gasteiger partial charge in [0.15, 0.2) is 0 Å². The lowest BCUT2D eigenvalue weighted by atomic mass is 10.2. The van der Waals surface area contributed by atoms with Crippen molar-refractivity contribution in [3.05, 3.63) is 67.7 Å². The van der Waals surface area contributed by atoms with Crippen molar-refractivity contribution < 1.29 is 9.66 Å². The van der Waals surface area contributed by atoms with E-state index in [1.807, 2.05) is 0 Å². The maximum Gasteiger partial charge on any atom is 0.276 e. The van der Waals surface area contributed by atoms with E-state index in [0.717, 1.165) is 0 Å². The van der Waals surface area contributed by atoms with Gasteiger partial charge in [-0.3, -0.25) is 10.1 Å². The summed E-state index contributed by atoms with van der Waals surface area (Å²) < 4.78 is 5.61. The van der Waals surface area contributed by atoms with Gasteiger partial charge in [-0.2, -0.15) is 0 Å². The molecular weight excluding hydrogens is 337 g/mol. The summed E-state index contributed by atoms with van der Waals surface area (Å²) in [7, 11) is 0. The molecule has 7 heteroatoms. The maximum atomic E-state index is 11.0. The highest BCUT2D eigenvalue weighted by Gasteiger charge is 2.15. The molecule has 0 N–H and O–H groups in total. The molecule has 0 amide bonds. The summed E-state index contributed by atoms with van der Waals surface area (Å²) in [6, 6.07) is 9.54. The molecule has 110 valence electrons. The fourth-order valence-electron chi connectivity index (χ4n) is 1.84. The van der Waals surface area contributed by atoms with E-state index >= 15 is 0 Å². The van der Waals surface area contributed by atoms with Crippen molar-refractivity contribution in [3.8, 4) is 5.75 Å². The van der Waals surface area contributed by atoms with Crippen LogP contribution in [0.1, 0.15) is 11.1 Å². The molecule has 2 aromatic carbocycles. The molecule has 0 spiro atoms. The van der Waals surface area contributed by atoms with Crippen LogP contribution in [0.15, 0.2) is 36.4 Å². The Labute approximate surface area is 136 Å². The molecule has 0 aromatic heterocycles. The molecule has 2 rings (SSSR count). The summed E-state index contributed by atoms with van der Waals surface area (Å²) in [5.74, 6) is 0.557. The summed E-state index contributed by atoms with van der Waals surface area (Å²) in [5.41, 5.74) is 1.08. The Balaban J connectivity index is 2.27. The predicted molar refractivity (Wildman–Crippen MR) is 83.4 cm³/mol. The average molecular weight is 347 g/mol. The summed E-state index contributed by atoms with van der Waals surface area (Å²) in [5, 5.41) is 11.7. The molecule has 0 radical (unpaired) electrons. The number of benzene rings is 2. The molecule has 0 bridgehead atoms. The molecule has 21 heavy (non-hydrogen) atoms. The van der Waals surface area contributed by atoms with Crippen LogP contribution in [-0.4, -0.2) is 4.92 Å². The molecule has 0 fully saturated rings. The number of halogens is 3. The standard InChI is InChI=1S/C14H10Cl3NO3/c15-7-10-5-11(16)6-12(17)14(10)21-8-9-3-1-2-4-13(9)18(19)20/h1-6H,7-8H2. The number of hydrogen-bond acceptors (Lipinski definition) is 3. The Kier molecular flexibility index (Phi) is 5.28. The van der Waals surface area contributed by atoms with Gasteiger partial charge in [0.1, 0.15) is 12.4 Å². The Morgan fingerprint density at radius 3 is 2.52 bits per heavy atom. The minimum Gasteiger partial charge on any atom is -0.487 e. The third-order valence-electron chi connectivity index (χ3n) is 2.79. The molecule has 0 unspecified atom stereocenters. The Hall–Kier alpha value is -1.49. The average Bonchev–Trinajstić information content (AvgIpc) is 2.45. The zero-order chi connectivity index (χ0) is 15.4. The zero-order valence-corrected chi connectivity index (χ0v) is 13.0. The summed E-state index contributed by atoms with van der Waals surface area (Å²) in [6.07, 6.45) is 0. The Morgan fingerprint density at radius 2 is 1.86 bits per heavy atom. The van der Waals surface area contributed by atoms with Crippen LogP contribution in [0.2, 0.25) is 10.0 Å². The second kappa shape index (κ2) is 6.98. The van der Waals surface area contributed by atoms with Gasteiger partial charge in [-0.1, -0.05) is 35.3 Å². The van der Waals surface area contributed by atoms with Gasteiger partial charge >= 0.3 is 0 Å². The summed E-state index contributed by atoms with van der Waals surface area (Å²) in [4.78, 5) is 10.5. The van der Waals surface area contributed by atoms with Crippen molar-refractivity contribution >= 4 is 40.5 Å². The molecule has 0 heterocycles. The molecular formula is C14H10Cl3NO3. The van der Waals surface area contributed by atoms with Gasteiger partial charge in [-0.05, 0) is 18.2 Å². The second-order valence-electron chi connectivity index (χ2n) is 4.18. The summed E-state index contributed by atoms with van der Waals surface area (Å²) in [6.45, 7) is 0.0163. The van der Waals surface area contributed by atoms with E-state index in [0.29, 0.717) is 26.9 Å². The Morgan fingerprint density at radius 1 is 1.14 bits per heavy atom. The van der Waals surface area contributed by atoms with Crippen LogP contribution in [0.4, 0.5) is 5.69 Å². The van der Waals surface area contributed by atoms with Crippen molar-refractivity contribution in [1.29, 1.82) is 0 Å². The lowest BCUT2D eigenvalue weighted by molar-refractivity contribution is -0.385. The molecule has 0 aliphatic heterocycles. The quantitative estimate of drug-likeness (QED) is 0.424. The molecule has 0 aliphatic rings. The van der Waals surface area contributed by atoms with Crippen molar-refractivity contribution in [2.24, 2.45) is 0 Å². The van der Waals surface area contributed by atoms with Crippen LogP contribution in [0.3, 0.4) is 0 Å². The van der Waals surface area contributed by atoms with E-state index < -0.39 is 4.92 Å². The lowest BCUT2D eigenvalue weighted by Crippen LogP contribution is -2.02. The van der Waals surface area contributed by atoms with E-state index in [9.17, 15) is 10.1 Å². The minimum atomic E-state index is -0.454. The molecule has 0 atom stereocenters. The highest BCUT2D eigenvalue weighted by atomic mass is 35.5. The molecule has 0 saturated carbocycles. The Bertz CT molecular complexity index is 677. The van der Waals surface area contributed by atoms with Gasteiger partial charge in [0.2, 0.25) is 0 Å². The minimum absolute atomic E-state index is 0.00462. The molecule has 0 saturated heterocycles. The number of ether oxygens (including phenoxy) is 1. The normalized spacial score (nSPS) is 10.4. The first-order chi connectivity index (χ1) is 10.0. The van der Waals surface area contributed by atoms with Crippen molar-refractivity contribution in [1.82, 2.24) is 0 Å². The number of nitrogens with zero attached hydrogens (tertiary/aromatic N) is 1. The predicted octanol–water partition coefficient (Wildman–Crippen LogP) is 5.22. The van der Waals surface area contributed by atoms with Gasteiger partial charge in [0.25, 0.3) is 5.69 Å². The third kappa shape index (κ3) is 3.79. The monoisotopic (exact) mass is 345 g/mol. The second-order valence-corrected chi connectivity index (χ2v) is 5.29. The first-order valence-corrected chi connectivity index (χ1v) is 7.21. The van der Waals surface area contributed by atoms with Gasteiger partial charge in [0.05, 0.1) is 21.4 Å². The highest BCUT2D eigenvalue weighted by molar-refractivity contribution is 6.36. The fourth-order valence-corrected chi connectivity index (χ4v) is 2.62. The van der Waals surface area contributed by atoms with Gasteiger partial charge in [-0.15, -0.1) is 11.6 Å².